The van der Waals surface area contributed by atoms with Crippen LogP contribution >= 0.6 is 11.6 Å². The van der Waals surface area contributed by atoms with Crippen LogP contribution < -0.4 is 5.32 Å². The Hall–Kier alpha value is -2.40. The van der Waals surface area contributed by atoms with Gasteiger partial charge < -0.3 is 10.4 Å². The molecule has 0 aliphatic carbocycles. The predicted molar refractivity (Wildman–Crippen MR) is 85.1 cm³/mol. The Morgan fingerprint density at radius 1 is 1.13 bits per heavy atom. The number of carbonyl (C=O) groups excluding carboxylic acids is 1. The van der Waals surface area contributed by atoms with Gasteiger partial charge in [0.15, 0.2) is 0 Å². The van der Waals surface area contributed by atoms with Crippen LogP contribution in [-0.4, -0.2) is 23.0 Å². The van der Waals surface area contributed by atoms with E-state index in [9.17, 15) is 14.0 Å². The van der Waals surface area contributed by atoms with Crippen LogP contribution in [0.1, 0.15) is 22.3 Å². The smallest absolute Gasteiger partial charge is 0.305 e. The molecule has 0 fully saturated rings. The van der Waals surface area contributed by atoms with E-state index >= 15 is 0 Å². The Morgan fingerprint density at radius 2 is 1.83 bits per heavy atom. The van der Waals surface area contributed by atoms with Crippen LogP contribution in [0.15, 0.2) is 48.5 Å². The molecule has 0 spiro atoms. The number of rotatable bonds is 6. The molecular weight excluding hydrogens is 321 g/mol. The van der Waals surface area contributed by atoms with E-state index in [1.807, 2.05) is 30.3 Å². The van der Waals surface area contributed by atoms with Crippen molar-refractivity contribution in [3.05, 3.63) is 70.5 Å². The quantitative estimate of drug-likeness (QED) is 0.851. The fraction of sp³-hybridized carbons (Fsp3) is 0.176. The number of carboxylic acids is 1. The van der Waals surface area contributed by atoms with Crippen molar-refractivity contribution >= 4 is 23.5 Å². The largest absolute Gasteiger partial charge is 0.481 e. The van der Waals surface area contributed by atoms with Gasteiger partial charge in [-0.2, -0.15) is 0 Å². The number of hydrogen-bond donors (Lipinski definition) is 2. The second-order valence-corrected chi connectivity index (χ2v) is 5.46. The molecule has 1 atom stereocenters. The molecule has 120 valence electrons. The van der Waals surface area contributed by atoms with Crippen LogP contribution in [0.3, 0.4) is 0 Å². The molecule has 0 unspecified atom stereocenters. The van der Waals surface area contributed by atoms with E-state index in [-0.39, 0.29) is 17.0 Å². The van der Waals surface area contributed by atoms with Crippen molar-refractivity contribution in [3.8, 4) is 0 Å². The van der Waals surface area contributed by atoms with Crippen LogP contribution in [0, 0.1) is 5.82 Å². The van der Waals surface area contributed by atoms with E-state index < -0.39 is 23.7 Å². The molecule has 0 aliphatic rings. The van der Waals surface area contributed by atoms with Gasteiger partial charge in [-0.1, -0.05) is 48.0 Å². The molecule has 23 heavy (non-hydrogen) atoms. The van der Waals surface area contributed by atoms with Gasteiger partial charge in [0.25, 0.3) is 5.91 Å². The molecule has 0 aliphatic heterocycles. The molecule has 1 amide bonds. The Balaban J connectivity index is 2.17. The minimum Gasteiger partial charge on any atom is -0.481 e. The molecule has 2 aromatic rings. The fourth-order valence-corrected chi connectivity index (χ4v) is 2.50. The molecule has 0 saturated heterocycles. The molecule has 0 radical (unpaired) electrons. The standard InChI is InChI=1S/C17H15ClFNO3/c18-13-7-4-8-14(19)16(13)17(23)20-12(10-15(21)22)9-11-5-2-1-3-6-11/h1-8,12H,9-10H2,(H,20,23)(H,21,22)/t12-/m1/s1. The highest BCUT2D eigenvalue weighted by Gasteiger charge is 2.21. The third-order valence-electron chi connectivity index (χ3n) is 3.27. The van der Waals surface area contributed by atoms with Crippen molar-refractivity contribution in [1.82, 2.24) is 5.32 Å². The molecule has 0 aromatic heterocycles. The third-order valence-corrected chi connectivity index (χ3v) is 3.59. The summed E-state index contributed by atoms with van der Waals surface area (Å²) in [4.78, 5) is 23.2. The first kappa shape index (κ1) is 17.0. The second kappa shape index (κ2) is 7.74. The number of carboxylic acid groups (broad SMARTS) is 1. The average Bonchev–Trinajstić information content (AvgIpc) is 2.47. The van der Waals surface area contributed by atoms with Crippen LogP contribution in [0.4, 0.5) is 4.39 Å². The van der Waals surface area contributed by atoms with Gasteiger partial charge in [0.1, 0.15) is 5.82 Å². The lowest BCUT2D eigenvalue weighted by Crippen LogP contribution is -2.38. The summed E-state index contributed by atoms with van der Waals surface area (Å²) in [6, 6.07) is 12.4. The fourth-order valence-electron chi connectivity index (χ4n) is 2.26. The van der Waals surface area contributed by atoms with Crippen molar-refractivity contribution in [2.24, 2.45) is 0 Å². The lowest BCUT2D eigenvalue weighted by Gasteiger charge is -2.18. The lowest BCUT2D eigenvalue weighted by molar-refractivity contribution is -0.137. The maximum Gasteiger partial charge on any atom is 0.305 e. The van der Waals surface area contributed by atoms with Gasteiger partial charge in [0.2, 0.25) is 0 Å². The van der Waals surface area contributed by atoms with E-state index in [0.717, 1.165) is 11.6 Å². The van der Waals surface area contributed by atoms with Gasteiger partial charge in [-0.15, -0.1) is 0 Å². The molecular formula is C17H15ClFNO3. The maximum absolute atomic E-state index is 13.8. The van der Waals surface area contributed by atoms with E-state index in [1.54, 1.807) is 0 Å². The summed E-state index contributed by atoms with van der Waals surface area (Å²) in [7, 11) is 0. The summed E-state index contributed by atoms with van der Waals surface area (Å²) in [6.45, 7) is 0. The number of benzene rings is 2. The zero-order valence-corrected chi connectivity index (χ0v) is 12.9. The zero-order chi connectivity index (χ0) is 16.8. The topological polar surface area (TPSA) is 66.4 Å². The molecule has 2 rings (SSSR count). The van der Waals surface area contributed by atoms with Gasteiger partial charge in [-0.05, 0) is 24.1 Å². The zero-order valence-electron chi connectivity index (χ0n) is 12.1. The monoisotopic (exact) mass is 335 g/mol. The van der Waals surface area contributed by atoms with E-state index in [4.69, 9.17) is 16.7 Å². The molecule has 6 heteroatoms. The van der Waals surface area contributed by atoms with Gasteiger partial charge >= 0.3 is 5.97 Å². The normalized spacial score (nSPS) is 11.7. The second-order valence-electron chi connectivity index (χ2n) is 5.05. The van der Waals surface area contributed by atoms with Gasteiger partial charge in [0, 0.05) is 6.04 Å². The van der Waals surface area contributed by atoms with Gasteiger partial charge in [0.05, 0.1) is 17.0 Å². The molecule has 2 N–H and O–H groups in total. The number of aliphatic carboxylic acids is 1. The number of halogens is 2. The van der Waals surface area contributed by atoms with E-state index in [1.165, 1.54) is 12.1 Å². The summed E-state index contributed by atoms with van der Waals surface area (Å²) in [5, 5.41) is 11.5. The van der Waals surface area contributed by atoms with Crippen molar-refractivity contribution in [1.29, 1.82) is 0 Å². The maximum atomic E-state index is 13.8. The summed E-state index contributed by atoms with van der Waals surface area (Å²) in [5.41, 5.74) is 0.594. The Kier molecular flexibility index (Phi) is 5.71. The van der Waals surface area contributed by atoms with Gasteiger partial charge in [-0.25, -0.2) is 4.39 Å². The number of nitrogens with one attached hydrogen (secondary N) is 1. The number of amides is 1. The van der Waals surface area contributed by atoms with Crippen LogP contribution in [0.5, 0.6) is 0 Å². The Labute approximate surface area is 137 Å². The SMILES string of the molecule is O=C(O)C[C@@H](Cc1ccccc1)NC(=O)c1c(F)cccc1Cl. The van der Waals surface area contributed by atoms with Crippen molar-refractivity contribution in [2.75, 3.05) is 0 Å². The Morgan fingerprint density at radius 3 is 2.43 bits per heavy atom. The molecule has 4 nitrogen and oxygen atoms in total. The van der Waals surface area contributed by atoms with Gasteiger partial charge in [-0.3, -0.25) is 9.59 Å². The summed E-state index contributed by atoms with van der Waals surface area (Å²) >= 11 is 5.86. The average molecular weight is 336 g/mol. The van der Waals surface area contributed by atoms with Crippen LogP contribution in [0.2, 0.25) is 5.02 Å². The first-order chi connectivity index (χ1) is 11.0. The highest BCUT2D eigenvalue weighted by molar-refractivity contribution is 6.33. The highest BCUT2D eigenvalue weighted by Crippen LogP contribution is 2.19. The Bertz CT molecular complexity index is 686. The first-order valence-electron chi connectivity index (χ1n) is 6.98. The van der Waals surface area contributed by atoms with E-state index in [2.05, 4.69) is 5.32 Å². The summed E-state index contributed by atoms with van der Waals surface area (Å²) in [5.74, 6) is -2.52. The van der Waals surface area contributed by atoms with Crippen molar-refractivity contribution < 1.29 is 19.1 Å². The van der Waals surface area contributed by atoms with Crippen molar-refractivity contribution in [2.45, 2.75) is 18.9 Å². The van der Waals surface area contributed by atoms with Crippen molar-refractivity contribution in [3.63, 3.8) is 0 Å². The van der Waals surface area contributed by atoms with E-state index in [0.29, 0.717) is 6.42 Å². The minimum atomic E-state index is -1.05. The lowest BCUT2D eigenvalue weighted by atomic mass is 10.0. The third kappa shape index (κ3) is 4.79. The number of hydrogen-bond acceptors (Lipinski definition) is 2. The molecule has 2 aromatic carbocycles. The summed E-state index contributed by atoms with van der Waals surface area (Å²) < 4.78 is 13.8. The van der Waals surface area contributed by atoms with Crippen LogP contribution in [-0.2, 0) is 11.2 Å². The highest BCUT2D eigenvalue weighted by atomic mass is 35.5. The first-order valence-corrected chi connectivity index (χ1v) is 7.35. The van der Waals surface area contributed by atoms with Crippen LogP contribution in [0.25, 0.3) is 0 Å². The minimum absolute atomic E-state index is 0.0173. The molecule has 0 saturated carbocycles. The number of carbonyl (C=O) groups is 2. The summed E-state index contributed by atoms with van der Waals surface area (Å²) in [6.07, 6.45) is 0.0532. The molecule has 0 heterocycles. The molecule has 0 bridgehead atoms. The predicted octanol–water partition coefficient (Wildman–Crippen LogP) is 3.29.